The van der Waals surface area contributed by atoms with Crippen molar-refractivity contribution in [1.82, 2.24) is 6.15 Å². The molecule has 0 aliphatic carbocycles. The molecule has 4 heteroatoms. The minimum absolute atomic E-state index is 0. The molecule has 0 fully saturated rings. The van der Waals surface area contributed by atoms with Gasteiger partial charge in [0.25, 0.3) is 0 Å². The summed E-state index contributed by atoms with van der Waals surface area (Å²) in [5.74, 6) is -0.868. The van der Waals surface area contributed by atoms with Crippen LogP contribution in [0.4, 0.5) is 5.69 Å². The lowest BCUT2D eigenvalue weighted by Gasteiger charge is -2.22. The second kappa shape index (κ2) is 6.03. The van der Waals surface area contributed by atoms with Crippen LogP contribution in [0.2, 0.25) is 0 Å². The van der Waals surface area contributed by atoms with E-state index in [0.717, 1.165) is 18.8 Å². The number of rotatable bonds is 4. The number of anilines is 1. The average Bonchev–Trinajstić information content (AvgIpc) is 2.20. The molecule has 4 N–H and O–H groups in total. The first kappa shape index (κ1) is 13.4. The summed E-state index contributed by atoms with van der Waals surface area (Å²) in [6, 6.07) is 7.09. The predicted octanol–water partition coefficient (Wildman–Crippen LogP) is 2.39. The first-order valence-electron chi connectivity index (χ1n) is 4.78. The third kappa shape index (κ3) is 2.95. The molecular weight excluding hydrogens is 192 g/mol. The summed E-state index contributed by atoms with van der Waals surface area (Å²) < 4.78 is 0. The molecular formula is C11H18N2O2. The third-order valence-corrected chi connectivity index (χ3v) is 2.24. The van der Waals surface area contributed by atoms with Gasteiger partial charge in [0.1, 0.15) is 0 Å². The van der Waals surface area contributed by atoms with E-state index in [-0.39, 0.29) is 6.15 Å². The summed E-state index contributed by atoms with van der Waals surface area (Å²) in [6.45, 7) is 5.67. The van der Waals surface area contributed by atoms with E-state index in [4.69, 9.17) is 5.11 Å². The number of carbonyl (C=O) groups is 1. The average molecular weight is 210 g/mol. The fraction of sp³-hybridized carbons (Fsp3) is 0.364. The van der Waals surface area contributed by atoms with Crippen LogP contribution < -0.4 is 11.1 Å². The van der Waals surface area contributed by atoms with E-state index in [0.29, 0.717) is 5.56 Å². The molecule has 0 aliphatic rings. The van der Waals surface area contributed by atoms with E-state index in [2.05, 4.69) is 0 Å². The zero-order chi connectivity index (χ0) is 10.6. The molecule has 0 unspecified atom stereocenters. The van der Waals surface area contributed by atoms with Gasteiger partial charge < -0.3 is 16.2 Å². The van der Waals surface area contributed by atoms with Crippen LogP contribution in [0.15, 0.2) is 24.3 Å². The highest BCUT2D eigenvalue weighted by molar-refractivity contribution is 5.94. The van der Waals surface area contributed by atoms with E-state index in [1.54, 1.807) is 12.1 Å². The maximum Gasteiger partial charge on any atom is 0.337 e. The number of hydrogen-bond acceptors (Lipinski definition) is 3. The molecule has 1 aromatic carbocycles. The zero-order valence-corrected chi connectivity index (χ0v) is 9.23. The highest BCUT2D eigenvalue weighted by atomic mass is 16.4. The van der Waals surface area contributed by atoms with Crippen LogP contribution in [0.3, 0.4) is 0 Å². The Morgan fingerprint density at radius 2 is 1.80 bits per heavy atom. The molecule has 0 saturated heterocycles. The highest BCUT2D eigenvalue weighted by Gasteiger charge is 2.12. The van der Waals surface area contributed by atoms with Gasteiger partial charge in [-0.1, -0.05) is 12.1 Å². The van der Waals surface area contributed by atoms with Gasteiger partial charge in [0.15, 0.2) is 0 Å². The Morgan fingerprint density at radius 1 is 1.27 bits per heavy atom. The molecule has 0 aromatic heterocycles. The molecule has 1 rings (SSSR count). The van der Waals surface area contributed by atoms with E-state index in [9.17, 15) is 4.79 Å². The smallest absolute Gasteiger partial charge is 0.337 e. The Hall–Kier alpha value is -1.55. The van der Waals surface area contributed by atoms with Crippen LogP contribution in [-0.4, -0.2) is 24.2 Å². The van der Waals surface area contributed by atoms with Gasteiger partial charge in [0.05, 0.1) is 11.3 Å². The molecule has 0 bridgehead atoms. The summed E-state index contributed by atoms with van der Waals surface area (Å²) in [4.78, 5) is 13.0. The summed E-state index contributed by atoms with van der Waals surface area (Å²) in [6.07, 6.45) is 0. The second-order valence-corrected chi connectivity index (χ2v) is 2.99. The second-order valence-electron chi connectivity index (χ2n) is 2.99. The number of para-hydroxylation sites is 1. The molecule has 84 valence electrons. The minimum Gasteiger partial charge on any atom is -0.478 e. The quantitative estimate of drug-likeness (QED) is 0.800. The molecule has 0 amide bonds. The maximum atomic E-state index is 10.9. The SMILES string of the molecule is CCN(CC)c1ccccc1C(=O)O.N. The Kier molecular flexibility index (Phi) is 5.41. The maximum absolute atomic E-state index is 10.9. The molecule has 0 spiro atoms. The molecule has 1 aromatic rings. The number of carboxylic acid groups (broad SMARTS) is 1. The fourth-order valence-electron chi connectivity index (χ4n) is 1.49. The predicted molar refractivity (Wildman–Crippen MR) is 62.0 cm³/mol. The van der Waals surface area contributed by atoms with Crippen LogP contribution in [-0.2, 0) is 0 Å². The summed E-state index contributed by atoms with van der Waals surface area (Å²) in [5, 5.41) is 8.98. The summed E-state index contributed by atoms with van der Waals surface area (Å²) in [7, 11) is 0. The first-order valence-corrected chi connectivity index (χ1v) is 4.78. The number of aromatic carboxylic acids is 1. The van der Waals surface area contributed by atoms with Crippen molar-refractivity contribution in [2.75, 3.05) is 18.0 Å². The van der Waals surface area contributed by atoms with E-state index < -0.39 is 5.97 Å². The Morgan fingerprint density at radius 3 is 2.27 bits per heavy atom. The topological polar surface area (TPSA) is 75.5 Å². The molecule has 0 heterocycles. The van der Waals surface area contributed by atoms with Gasteiger partial charge >= 0.3 is 5.97 Å². The van der Waals surface area contributed by atoms with Gasteiger partial charge in [-0.15, -0.1) is 0 Å². The molecule has 0 atom stereocenters. The van der Waals surface area contributed by atoms with Crippen LogP contribution in [0.25, 0.3) is 0 Å². The van der Waals surface area contributed by atoms with Crippen LogP contribution in [0.1, 0.15) is 24.2 Å². The normalized spacial score (nSPS) is 9.20. The zero-order valence-electron chi connectivity index (χ0n) is 9.23. The monoisotopic (exact) mass is 210 g/mol. The summed E-state index contributed by atoms with van der Waals surface area (Å²) >= 11 is 0. The molecule has 15 heavy (non-hydrogen) atoms. The minimum atomic E-state index is -0.868. The van der Waals surface area contributed by atoms with E-state index >= 15 is 0 Å². The third-order valence-electron chi connectivity index (χ3n) is 2.24. The van der Waals surface area contributed by atoms with Crippen molar-refractivity contribution in [1.29, 1.82) is 0 Å². The molecule has 0 radical (unpaired) electrons. The van der Waals surface area contributed by atoms with Crippen molar-refractivity contribution in [3.8, 4) is 0 Å². The number of hydrogen-bond donors (Lipinski definition) is 2. The highest BCUT2D eigenvalue weighted by Crippen LogP contribution is 2.19. The number of nitrogens with zero attached hydrogens (tertiary/aromatic N) is 1. The van der Waals surface area contributed by atoms with Crippen molar-refractivity contribution >= 4 is 11.7 Å². The van der Waals surface area contributed by atoms with E-state index in [1.807, 2.05) is 30.9 Å². The lowest BCUT2D eigenvalue weighted by Crippen LogP contribution is -2.24. The van der Waals surface area contributed by atoms with Crippen molar-refractivity contribution in [2.45, 2.75) is 13.8 Å². The van der Waals surface area contributed by atoms with Crippen molar-refractivity contribution in [2.24, 2.45) is 0 Å². The Bertz CT molecular complexity index is 322. The standard InChI is InChI=1S/C11H15NO2.H3N/c1-3-12(4-2)10-8-6-5-7-9(10)11(13)14;/h5-8H,3-4H2,1-2H3,(H,13,14);1H3. The van der Waals surface area contributed by atoms with Crippen LogP contribution in [0.5, 0.6) is 0 Å². The van der Waals surface area contributed by atoms with Crippen molar-refractivity contribution < 1.29 is 9.90 Å². The van der Waals surface area contributed by atoms with Gasteiger partial charge in [-0.25, -0.2) is 4.79 Å². The van der Waals surface area contributed by atoms with Crippen molar-refractivity contribution in [3.63, 3.8) is 0 Å². The summed E-state index contributed by atoms with van der Waals surface area (Å²) in [5.41, 5.74) is 1.17. The van der Waals surface area contributed by atoms with E-state index in [1.165, 1.54) is 0 Å². The number of carboxylic acids is 1. The Balaban J connectivity index is 0.00000196. The lowest BCUT2D eigenvalue weighted by molar-refractivity contribution is 0.0697. The van der Waals surface area contributed by atoms with Crippen molar-refractivity contribution in [3.05, 3.63) is 29.8 Å². The van der Waals surface area contributed by atoms with Crippen LogP contribution in [0, 0.1) is 0 Å². The molecule has 4 nitrogen and oxygen atoms in total. The molecule has 0 aliphatic heterocycles. The van der Waals surface area contributed by atoms with Crippen LogP contribution >= 0.6 is 0 Å². The largest absolute Gasteiger partial charge is 0.478 e. The lowest BCUT2D eigenvalue weighted by atomic mass is 10.1. The first-order chi connectivity index (χ1) is 6.70. The van der Waals surface area contributed by atoms with Gasteiger partial charge in [-0.3, -0.25) is 0 Å². The van der Waals surface area contributed by atoms with Gasteiger partial charge in [-0.2, -0.15) is 0 Å². The van der Waals surface area contributed by atoms with Gasteiger partial charge in [-0.05, 0) is 26.0 Å². The Labute approximate surface area is 90.1 Å². The molecule has 0 saturated carbocycles. The number of benzene rings is 1. The van der Waals surface area contributed by atoms with Gasteiger partial charge in [0.2, 0.25) is 0 Å². The fourth-order valence-corrected chi connectivity index (χ4v) is 1.49. The van der Waals surface area contributed by atoms with Gasteiger partial charge in [0, 0.05) is 13.1 Å².